The highest BCUT2D eigenvalue weighted by Crippen LogP contribution is 2.19. The second-order valence-electron chi connectivity index (χ2n) is 5.85. The maximum atomic E-state index is 11.9. The molecule has 1 aromatic carbocycles. The molecule has 0 fully saturated rings. The van der Waals surface area contributed by atoms with E-state index in [4.69, 9.17) is 0 Å². The molecule has 0 bridgehead atoms. The lowest BCUT2D eigenvalue weighted by atomic mass is 10.1. The summed E-state index contributed by atoms with van der Waals surface area (Å²) in [5, 5.41) is 8.65. The number of nitrogens with one attached hydrogen (secondary N) is 3. The van der Waals surface area contributed by atoms with Crippen LogP contribution in [0.2, 0.25) is 0 Å². The van der Waals surface area contributed by atoms with Gasteiger partial charge in [-0.15, -0.1) is 11.3 Å². The summed E-state index contributed by atoms with van der Waals surface area (Å²) >= 11 is 1.75. The van der Waals surface area contributed by atoms with Crippen molar-refractivity contribution < 1.29 is 8.42 Å². The fourth-order valence-corrected chi connectivity index (χ4v) is 3.95. The number of nitrogens with zero attached hydrogens (tertiary/aromatic N) is 1. The Morgan fingerprint density at radius 2 is 2.04 bits per heavy atom. The summed E-state index contributed by atoms with van der Waals surface area (Å²) < 4.78 is 26.2. The molecule has 1 heterocycles. The number of aliphatic imine (C=N–C) groups is 1. The Morgan fingerprint density at radius 3 is 2.69 bits per heavy atom. The van der Waals surface area contributed by atoms with E-state index in [0.29, 0.717) is 12.5 Å². The Balaban J connectivity index is 2.03. The van der Waals surface area contributed by atoms with Crippen molar-refractivity contribution in [2.24, 2.45) is 4.99 Å². The average molecular weight is 395 g/mol. The topological polar surface area (TPSA) is 82.6 Å². The lowest BCUT2D eigenvalue weighted by molar-refractivity contribution is 0.588. The molecule has 8 heteroatoms. The van der Waals surface area contributed by atoms with Crippen molar-refractivity contribution in [2.45, 2.75) is 31.2 Å². The molecule has 2 aromatic rings. The van der Waals surface area contributed by atoms with Gasteiger partial charge < -0.3 is 10.6 Å². The zero-order valence-corrected chi connectivity index (χ0v) is 17.0. The summed E-state index contributed by atoms with van der Waals surface area (Å²) in [7, 11) is -2.04. The van der Waals surface area contributed by atoms with Gasteiger partial charge in [0, 0.05) is 23.9 Å². The van der Waals surface area contributed by atoms with E-state index in [-0.39, 0.29) is 4.90 Å². The van der Waals surface area contributed by atoms with Crippen LogP contribution in [0.25, 0.3) is 0 Å². The van der Waals surface area contributed by atoms with E-state index in [2.05, 4.69) is 44.8 Å². The fraction of sp³-hybridized carbons (Fsp3) is 0.389. The lowest BCUT2D eigenvalue weighted by Crippen LogP contribution is -2.39. The number of rotatable bonds is 8. The fourth-order valence-electron chi connectivity index (χ4n) is 2.36. The predicted octanol–water partition coefficient (Wildman–Crippen LogP) is 2.52. The Kier molecular flexibility index (Phi) is 7.62. The van der Waals surface area contributed by atoms with Crippen molar-refractivity contribution >= 4 is 27.3 Å². The number of thiophene rings is 1. The van der Waals surface area contributed by atoms with Gasteiger partial charge in [0.1, 0.15) is 0 Å². The zero-order valence-electron chi connectivity index (χ0n) is 15.3. The molecule has 0 radical (unpaired) electrons. The highest BCUT2D eigenvalue weighted by Gasteiger charge is 2.11. The van der Waals surface area contributed by atoms with E-state index >= 15 is 0 Å². The van der Waals surface area contributed by atoms with Gasteiger partial charge in [0.05, 0.1) is 11.4 Å². The molecule has 3 N–H and O–H groups in total. The van der Waals surface area contributed by atoms with Crippen molar-refractivity contribution in [3.8, 4) is 0 Å². The van der Waals surface area contributed by atoms with Crippen LogP contribution in [0.15, 0.2) is 51.7 Å². The quantitative estimate of drug-likeness (QED) is 0.475. The predicted molar refractivity (Wildman–Crippen MR) is 108 cm³/mol. The minimum Gasteiger partial charge on any atom is -0.357 e. The molecular weight excluding hydrogens is 368 g/mol. The van der Waals surface area contributed by atoms with Gasteiger partial charge >= 0.3 is 0 Å². The minimum absolute atomic E-state index is 0.247. The third kappa shape index (κ3) is 5.82. The van der Waals surface area contributed by atoms with Crippen LogP contribution in [0, 0.1) is 0 Å². The standard InChI is InChI=1S/C18H26N4O2S2/c1-4-20-18(21-12-14(2)17-9-6-10-25-17)22-13-15-7-5-8-16(11-15)26(23,24)19-3/h5-11,14,19H,4,12-13H2,1-3H3,(H2,20,21,22). The monoisotopic (exact) mass is 394 g/mol. The van der Waals surface area contributed by atoms with Gasteiger partial charge in [-0.3, -0.25) is 0 Å². The van der Waals surface area contributed by atoms with Crippen LogP contribution in [0.3, 0.4) is 0 Å². The minimum atomic E-state index is -3.44. The van der Waals surface area contributed by atoms with Gasteiger partial charge in [-0.2, -0.15) is 0 Å². The van der Waals surface area contributed by atoms with Gasteiger partial charge in [0.15, 0.2) is 5.96 Å². The molecular formula is C18H26N4O2S2. The Morgan fingerprint density at radius 1 is 1.23 bits per heavy atom. The molecule has 0 amide bonds. The third-order valence-electron chi connectivity index (χ3n) is 3.85. The van der Waals surface area contributed by atoms with Crippen LogP contribution >= 0.6 is 11.3 Å². The van der Waals surface area contributed by atoms with Gasteiger partial charge in [-0.25, -0.2) is 18.1 Å². The SMILES string of the molecule is CCNC(=NCc1cccc(S(=O)(=O)NC)c1)NCC(C)c1cccs1. The Labute approximate surface area is 159 Å². The molecule has 0 saturated carbocycles. The first kappa shape index (κ1) is 20.4. The summed E-state index contributed by atoms with van der Waals surface area (Å²) in [4.78, 5) is 6.15. The molecule has 0 aliphatic heterocycles. The summed E-state index contributed by atoms with van der Waals surface area (Å²) in [6.07, 6.45) is 0. The van der Waals surface area contributed by atoms with Crippen molar-refractivity contribution in [1.29, 1.82) is 0 Å². The molecule has 0 spiro atoms. The first-order chi connectivity index (χ1) is 12.5. The molecule has 142 valence electrons. The summed E-state index contributed by atoms with van der Waals surface area (Å²) in [6.45, 7) is 6.12. The number of hydrogen-bond donors (Lipinski definition) is 3. The summed E-state index contributed by atoms with van der Waals surface area (Å²) in [6, 6.07) is 11.0. The van der Waals surface area contributed by atoms with E-state index in [1.165, 1.54) is 11.9 Å². The van der Waals surface area contributed by atoms with Crippen LogP contribution in [0.5, 0.6) is 0 Å². The molecule has 1 aromatic heterocycles. The molecule has 0 saturated heterocycles. The van der Waals surface area contributed by atoms with Crippen molar-refractivity contribution in [3.05, 3.63) is 52.2 Å². The van der Waals surface area contributed by atoms with Crippen LogP contribution < -0.4 is 15.4 Å². The summed E-state index contributed by atoms with van der Waals surface area (Å²) in [5.41, 5.74) is 0.838. The first-order valence-electron chi connectivity index (χ1n) is 8.54. The largest absolute Gasteiger partial charge is 0.357 e. The Bertz CT molecular complexity index is 817. The van der Waals surface area contributed by atoms with Gasteiger partial charge in [0.2, 0.25) is 10.0 Å². The molecule has 1 atom stereocenters. The summed E-state index contributed by atoms with van der Waals surface area (Å²) in [5.74, 6) is 1.11. The number of guanidine groups is 1. The molecule has 1 unspecified atom stereocenters. The van der Waals surface area contributed by atoms with Crippen molar-refractivity contribution in [2.75, 3.05) is 20.1 Å². The number of benzene rings is 1. The van der Waals surface area contributed by atoms with Gasteiger partial charge in [0.25, 0.3) is 0 Å². The highest BCUT2D eigenvalue weighted by atomic mass is 32.2. The average Bonchev–Trinajstić information content (AvgIpc) is 3.19. The lowest BCUT2D eigenvalue weighted by Gasteiger charge is -2.15. The Hall–Kier alpha value is -1.90. The second kappa shape index (κ2) is 9.70. The van der Waals surface area contributed by atoms with Crippen molar-refractivity contribution in [1.82, 2.24) is 15.4 Å². The normalized spacial score (nSPS) is 13.4. The third-order valence-corrected chi connectivity index (χ3v) is 6.36. The van der Waals surface area contributed by atoms with Crippen LogP contribution in [-0.2, 0) is 16.6 Å². The second-order valence-corrected chi connectivity index (χ2v) is 8.71. The first-order valence-corrected chi connectivity index (χ1v) is 10.9. The van der Waals surface area contributed by atoms with E-state index in [9.17, 15) is 8.42 Å². The number of hydrogen-bond acceptors (Lipinski definition) is 4. The van der Waals surface area contributed by atoms with Gasteiger partial charge in [-0.05, 0) is 43.1 Å². The molecule has 6 nitrogen and oxygen atoms in total. The zero-order chi connectivity index (χ0) is 19.0. The molecule has 26 heavy (non-hydrogen) atoms. The van der Waals surface area contributed by atoms with E-state index in [0.717, 1.165) is 24.6 Å². The highest BCUT2D eigenvalue weighted by molar-refractivity contribution is 7.89. The van der Waals surface area contributed by atoms with E-state index < -0.39 is 10.0 Å². The maximum Gasteiger partial charge on any atom is 0.240 e. The van der Waals surface area contributed by atoms with Crippen molar-refractivity contribution in [3.63, 3.8) is 0 Å². The van der Waals surface area contributed by atoms with Crippen LogP contribution in [0.4, 0.5) is 0 Å². The smallest absolute Gasteiger partial charge is 0.240 e. The van der Waals surface area contributed by atoms with Crippen LogP contribution in [-0.4, -0.2) is 34.5 Å². The van der Waals surface area contributed by atoms with Crippen LogP contribution in [0.1, 0.15) is 30.2 Å². The molecule has 2 rings (SSSR count). The molecule has 0 aliphatic rings. The van der Waals surface area contributed by atoms with E-state index in [1.807, 2.05) is 13.0 Å². The maximum absolute atomic E-state index is 11.9. The van der Waals surface area contributed by atoms with Gasteiger partial charge in [-0.1, -0.05) is 25.1 Å². The van der Waals surface area contributed by atoms with E-state index in [1.54, 1.807) is 29.5 Å². The molecule has 0 aliphatic carbocycles. The number of sulfonamides is 1.